The highest BCUT2D eigenvalue weighted by molar-refractivity contribution is 5.72. The highest BCUT2D eigenvalue weighted by Crippen LogP contribution is 2.23. The zero-order valence-electron chi connectivity index (χ0n) is 14.1. The summed E-state index contributed by atoms with van der Waals surface area (Å²) in [5, 5.41) is 30.9. The number of aliphatic hydroxyl groups is 2. The number of halogens is 2. The third-order valence-electron chi connectivity index (χ3n) is 4.27. The molecule has 144 valence electrons. The summed E-state index contributed by atoms with van der Waals surface area (Å²) in [4.78, 5) is 11.1. The Hall–Kier alpha value is -1.87. The molecule has 1 aromatic carbocycles. The Balaban J connectivity index is 1.93. The van der Waals surface area contributed by atoms with Crippen molar-refractivity contribution in [3.05, 3.63) is 41.5 Å². The second-order valence-electron chi connectivity index (χ2n) is 6.23. The van der Waals surface area contributed by atoms with Crippen molar-refractivity contribution in [2.75, 3.05) is 13.2 Å². The van der Waals surface area contributed by atoms with Crippen molar-refractivity contribution < 1.29 is 33.6 Å². The normalized spacial score (nSPS) is 24.7. The van der Waals surface area contributed by atoms with Crippen molar-refractivity contribution in [3.63, 3.8) is 0 Å². The Morgan fingerprint density at radius 3 is 2.85 bits per heavy atom. The molecule has 6 nitrogen and oxygen atoms in total. The van der Waals surface area contributed by atoms with Gasteiger partial charge in [-0.2, -0.15) is 0 Å². The monoisotopic (exact) mass is 371 g/mol. The van der Waals surface area contributed by atoms with Crippen LogP contribution in [0.5, 0.6) is 0 Å². The Labute approximate surface area is 150 Å². The number of carboxylic acid groups (broad SMARTS) is 1. The van der Waals surface area contributed by atoms with E-state index < -0.39 is 42.5 Å². The SMILES string of the molecule is O=C(O)[C@@H]1CC[C@@H](NCC=Cc2cc(F)ccc2F)[C@@H](C[C@@H](O)CO)O1. The van der Waals surface area contributed by atoms with E-state index in [1.807, 2.05) is 0 Å². The minimum Gasteiger partial charge on any atom is -0.479 e. The van der Waals surface area contributed by atoms with Crippen LogP contribution >= 0.6 is 0 Å². The number of hydrogen-bond donors (Lipinski definition) is 4. The summed E-state index contributed by atoms with van der Waals surface area (Å²) < 4.78 is 32.2. The highest BCUT2D eigenvalue weighted by atomic mass is 19.1. The second-order valence-corrected chi connectivity index (χ2v) is 6.23. The summed E-state index contributed by atoms with van der Waals surface area (Å²) in [5.74, 6) is -2.12. The van der Waals surface area contributed by atoms with Gasteiger partial charge in [0.15, 0.2) is 6.10 Å². The molecule has 0 saturated carbocycles. The molecule has 0 spiro atoms. The van der Waals surface area contributed by atoms with Crippen LogP contribution in [0.4, 0.5) is 8.78 Å². The maximum atomic E-state index is 13.5. The van der Waals surface area contributed by atoms with Crippen LogP contribution in [0, 0.1) is 11.6 Å². The molecule has 0 bridgehead atoms. The van der Waals surface area contributed by atoms with Gasteiger partial charge in [0, 0.05) is 24.6 Å². The number of carbonyl (C=O) groups is 1. The van der Waals surface area contributed by atoms with Crippen molar-refractivity contribution in [2.24, 2.45) is 0 Å². The van der Waals surface area contributed by atoms with E-state index in [1.54, 1.807) is 6.08 Å². The Morgan fingerprint density at radius 1 is 1.38 bits per heavy atom. The molecule has 0 unspecified atom stereocenters. The average Bonchev–Trinajstić information content (AvgIpc) is 2.62. The van der Waals surface area contributed by atoms with Crippen LogP contribution in [0.15, 0.2) is 24.3 Å². The van der Waals surface area contributed by atoms with Crippen LogP contribution in [0.3, 0.4) is 0 Å². The lowest BCUT2D eigenvalue weighted by molar-refractivity contribution is -0.163. The topological polar surface area (TPSA) is 99.0 Å². The van der Waals surface area contributed by atoms with Crippen LogP contribution in [-0.4, -0.2) is 58.8 Å². The number of ether oxygens (including phenoxy) is 1. The first-order valence-electron chi connectivity index (χ1n) is 8.43. The second kappa shape index (κ2) is 9.72. The molecule has 1 aromatic rings. The summed E-state index contributed by atoms with van der Waals surface area (Å²) in [5.41, 5.74) is 0.130. The van der Waals surface area contributed by atoms with Crippen molar-refractivity contribution in [1.29, 1.82) is 0 Å². The van der Waals surface area contributed by atoms with Crippen LogP contribution < -0.4 is 5.32 Å². The molecule has 1 saturated heterocycles. The van der Waals surface area contributed by atoms with Gasteiger partial charge in [0.05, 0.1) is 18.8 Å². The van der Waals surface area contributed by atoms with Crippen molar-refractivity contribution in [3.8, 4) is 0 Å². The number of carboxylic acids is 1. The van der Waals surface area contributed by atoms with Gasteiger partial charge in [0.2, 0.25) is 0 Å². The quantitative estimate of drug-likeness (QED) is 0.550. The van der Waals surface area contributed by atoms with Gasteiger partial charge >= 0.3 is 5.97 Å². The average molecular weight is 371 g/mol. The smallest absolute Gasteiger partial charge is 0.332 e. The Kier molecular flexibility index (Phi) is 7.65. The van der Waals surface area contributed by atoms with Crippen molar-refractivity contribution in [2.45, 2.75) is 43.6 Å². The number of hydrogen-bond acceptors (Lipinski definition) is 5. The number of aliphatic hydroxyl groups excluding tert-OH is 2. The number of benzene rings is 1. The molecule has 1 aliphatic heterocycles. The molecule has 1 aliphatic rings. The lowest BCUT2D eigenvalue weighted by atomic mass is 9.94. The van der Waals surface area contributed by atoms with Gasteiger partial charge in [0.25, 0.3) is 0 Å². The summed E-state index contributed by atoms with van der Waals surface area (Å²) >= 11 is 0. The summed E-state index contributed by atoms with van der Waals surface area (Å²) in [6.07, 6.45) is 1.48. The van der Waals surface area contributed by atoms with Crippen LogP contribution in [0.2, 0.25) is 0 Å². The van der Waals surface area contributed by atoms with Gasteiger partial charge < -0.3 is 25.4 Å². The zero-order chi connectivity index (χ0) is 19.1. The molecule has 8 heteroatoms. The van der Waals surface area contributed by atoms with E-state index in [2.05, 4.69) is 5.32 Å². The first-order valence-corrected chi connectivity index (χ1v) is 8.43. The van der Waals surface area contributed by atoms with Gasteiger partial charge in [-0.25, -0.2) is 13.6 Å². The van der Waals surface area contributed by atoms with E-state index >= 15 is 0 Å². The minimum atomic E-state index is -1.06. The Morgan fingerprint density at radius 2 is 2.15 bits per heavy atom. The molecule has 4 atom stereocenters. The van der Waals surface area contributed by atoms with E-state index in [1.165, 1.54) is 6.08 Å². The predicted molar refractivity (Wildman–Crippen MR) is 90.4 cm³/mol. The summed E-state index contributed by atoms with van der Waals surface area (Å²) in [6.45, 7) is -0.115. The van der Waals surface area contributed by atoms with Gasteiger partial charge in [-0.1, -0.05) is 12.2 Å². The first-order chi connectivity index (χ1) is 12.4. The molecule has 1 heterocycles. The maximum absolute atomic E-state index is 13.5. The first kappa shape index (κ1) is 20.4. The molecule has 1 fully saturated rings. The number of nitrogens with one attached hydrogen (secondary N) is 1. The standard InChI is InChI=1S/C18H23F2NO5/c19-12-3-4-14(20)11(8-12)2-1-7-21-15-5-6-16(18(24)25)26-17(15)9-13(23)10-22/h1-4,8,13,15-17,21-23H,5-7,9-10H2,(H,24,25)/t13-,15-,16+,17-/m1/s1. The van der Waals surface area contributed by atoms with E-state index in [0.717, 1.165) is 18.2 Å². The largest absolute Gasteiger partial charge is 0.479 e. The van der Waals surface area contributed by atoms with E-state index in [4.69, 9.17) is 14.9 Å². The fourth-order valence-electron chi connectivity index (χ4n) is 2.92. The minimum absolute atomic E-state index is 0.0974. The van der Waals surface area contributed by atoms with Gasteiger partial charge in [-0.3, -0.25) is 0 Å². The van der Waals surface area contributed by atoms with Crippen molar-refractivity contribution in [1.82, 2.24) is 5.32 Å². The fraction of sp³-hybridized carbons (Fsp3) is 0.500. The van der Waals surface area contributed by atoms with Crippen LogP contribution in [-0.2, 0) is 9.53 Å². The summed E-state index contributed by atoms with van der Waals surface area (Å²) in [7, 11) is 0. The molecular formula is C18H23F2NO5. The molecule has 0 aliphatic carbocycles. The highest BCUT2D eigenvalue weighted by Gasteiger charge is 2.35. The van der Waals surface area contributed by atoms with Crippen molar-refractivity contribution >= 4 is 12.0 Å². The van der Waals surface area contributed by atoms with Gasteiger partial charge in [-0.05, 0) is 31.0 Å². The molecular weight excluding hydrogens is 348 g/mol. The lowest BCUT2D eigenvalue weighted by Crippen LogP contribution is -2.50. The lowest BCUT2D eigenvalue weighted by Gasteiger charge is -2.36. The van der Waals surface area contributed by atoms with Crippen LogP contribution in [0.1, 0.15) is 24.8 Å². The number of rotatable bonds is 8. The fourth-order valence-corrected chi connectivity index (χ4v) is 2.92. The molecule has 0 radical (unpaired) electrons. The molecule has 4 N–H and O–H groups in total. The Bertz CT molecular complexity index is 640. The molecule has 0 amide bonds. The number of aliphatic carboxylic acids is 1. The summed E-state index contributed by atoms with van der Waals surface area (Å²) in [6, 6.07) is 2.96. The zero-order valence-corrected chi connectivity index (χ0v) is 14.1. The van der Waals surface area contributed by atoms with Gasteiger partial charge in [-0.15, -0.1) is 0 Å². The molecule has 2 rings (SSSR count). The molecule has 0 aromatic heterocycles. The predicted octanol–water partition coefficient (Wildman–Crippen LogP) is 1.31. The van der Waals surface area contributed by atoms with E-state index in [-0.39, 0.29) is 18.0 Å². The van der Waals surface area contributed by atoms with E-state index in [9.17, 15) is 18.7 Å². The maximum Gasteiger partial charge on any atom is 0.332 e. The molecule has 26 heavy (non-hydrogen) atoms. The third kappa shape index (κ3) is 5.84. The van der Waals surface area contributed by atoms with E-state index in [0.29, 0.717) is 19.4 Å². The van der Waals surface area contributed by atoms with Gasteiger partial charge in [0.1, 0.15) is 11.6 Å². The van der Waals surface area contributed by atoms with Crippen LogP contribution in [0.25, 0.3) is 6.08 Å². The third-order valence-corrected chi connectivity index (χ3v) is 4.27.